The molecule has 3 rings (SSSR count). The van der Waals surface area contributed by atoms with E-state index in [1.165, 1.54) is 0 Å². The second-order valence-electron chi connectivity index (χ2n) is 5.37. The largest absolute Gasteiger partial charge is 0.504 e. The van der Waals surface area contributed by atoms with Crippen LogP contribution in [0.1, 0.15) is 21.5 Å². The molecule has 0 aliphatic carbocycles. The number of hydrogen-bond donors (Lipinski definition) is 4. The molecule has 1 amide bonds. The number of aromatic nitrogens is 1. The molecule has 0 saturated carbocycles. The van der Waals surface area contributed by atoms with Gasteiger partial charge in [-0.05, 0) is 24.3 Å². The minimum absolute atomic E-state index is 0.0521. The molecule has 0 bridgehead atoms. The van der Waals surface area contributed by atoms with Crippen LogP contribution in [0.4, 0.5) is 0 Å². The molecule has 0 aliphatic rings. The Balaban J connectivity index is 1.93. The van der Waals surface area contributed by atoms with Crippen molar-refractivity contribution in [1.29, 1.82) is 0 Å². The fraction of sp³-hybridized carbons (Fsp3) is 0. The summed E-state index contributed by atoms with van der Waals surface area (Å²) >= 11 is 0. The number of amides is 1. The Morgan fingerprint density at radius 3 is 2.04 bits per heavy atom. The molecule has 0 saturated heterocycles. The van der Waals surface area contributed by atoms with E-state index in [2.05, 4.69) is 15.5 Å². The zero-order valence-corrected chi connectivity index (χ0v) is 13.5. The lowest BCUT2D eigenvalue weighted by atomic mass is 10.0. The third kappa shape index (κ3) is 3.62. The summed E-state index contributed by atoms with van der Waals surface area (Å²) in [4.78, 5) is 16.3. The lowest BCUT2D eigenvalue weighted by Crippen LogP contribution is -2.20. The first-order valence-corrected chi connectivity index (χ1v) is 7.65. The third-order valence-corrected chi connectivity index (χ3v) is 3.60. The highest BCUT2D eigenvalue weighted by atomic mass is 16.3. The lowest BCUT2D eigenvalue weighted by molar-refractivity contribution is 0.0954. The minimum atomic E-state index is -0.688. The second kappa shape index (κ2) is 7.35. The number of carbonyl (C=O) groups excluding carboxylic acids is 1. The number of phenolic OH excluding ortho intramolecular Hbond substituents is 3. The Kier molecular flexibility index (Phi) is 4.80. The standard InChI is InChI=1S/C19H15N3O4/c23-15-10-14(11-16(24)18(15)25)19(26)22-21-17(12-4-2-1-3-5-12)13-6-8-20-9-7-13/h1-11,23-25H,(H,22,26)/b21-17+. The van der Waals surface area contributed by atoms with Crippen molar-refractivity contribution in [1.82, 2.24) is 10.4 Å². The van der Waals surface area contributed by atoms with Crippen molar-refractivity contribution in [3.05, 3.63) is 83.7 Å². The fourth-order valence-corrected chi connectivity index (χ4v) is 2.31. The van der Waals surface area contributed by atoms with E-state index in [1.807, 2.05) is 30.3 Å². The Morgan fingerprint density at radius 2 is 1.42 bits per heavy atom. The number of carbonyl (C=O) groups is 1. The van der Waals surface area contributed by atoms with E-state index >= 15 is 0 Å². The zero-order chi connectivity index (χ0) is 18.5. The zero-order valence-electron chi connectivity index (χ0n) is 13.5. The molecule has 0 fully saturated rings. The van der Waals surface area contributed by atoms with Crippen molar-refractivity contribution in [3.8, 4) is 17.2 Å². The van der Waals surface area contributed by atoms with E-state index in [9.17, 15) is 20.1 Å². The van der Waals surface area contributed by atoms with E-state index in [1.54, 1.807) is 24.5 Å². The van der Waals surface area contributed by atoms with Gasteiger partial charge in [0.15, 0.2) is 17.2 Å². The number of phenols is 3. The van der Waals surface area contributed by atoms with Gasteiger partial charge in [-0.2, -0.15) is 5.10 Å². The number of hydrazone groups is 1. The predicted octanol–water partition coefficient (Wildman–Crippen LogP) is 2.38. The van der Waals surface area contributed by atoms with Crippen LogP contribution in [0, 0.1) is 0 Å². The monoisotopic (exact) mass is 349 g/mol. The van der Waals surface area contributed by atoms with Gasteiger partial charge in [-0.15, -0.1) is 0 Å². The highest BCUT2D eigenvalue weighted by Crippen LogP contribution is 2.35. The lowest BCUT2D eigenvalue weighted by Gasteiger charge is -2.08. The summed E-state index contributed by atoms with van der Waals surface area (Å²) in [5.41, 5.74) is 4.40. The van der Waals surface area contributed by atoms with Gasteiger partial charge in [0.1, 0.15) is 0 Å². The van der Waals surface area contributed by atoms with Crippen molar-refractivity contribution in [3.63, 3.8) is 0 Å². The van der Waals surface area contributed by atoms with Crippen molar-refractivity contribution in [2.75, 3.05) is 0 Å². The van der Waals surface area contributed by atoms with Crippen LogP contribution in [0.25, 0.3) is 0 Å². The quantitative estimate of drug-likeness (QED) is 0.328. The maximum Gasteiger partial charge on any atom is 0.271 e. The fourth-order valence-electron chi connectivity index (χ4n) is 2.31. The van der Waals surface area contributed by atoms with Crippen LogP contribution in [0.3, 0.4) is 0 Å². The number of hydrogen-bond acceptors (Lipinski definition) is 6. The SMILES string of the molecule is O=C(N/N=C(\c1ccccc1)c1ccncc1)c1cc(O)c(O)c(O)c1. The van der Waals surface area contributed by atoms with Crippen LogP contribution in [-0.2, 0) is 0 Å². The summed E-state index contributed by atoms with van der Waals surface area (Å²) in [6.07, 6.45) is 3.23. The highest BCUT2D eigenvalue weighted by molar-refractivity contribution is 6.13. The van der Waals surface area contributed by atoms with Gasteiger partial charge in [-0.3, -0.25) is 9.78 Å². The topological polar surface area (TPSA) is 115 Å². The molecule has 26 heavy (non-hydrogen) atoms. The van der Waals surface area contributed by atoms with Gasteiger partial charge in [-0.1, -0.05) is 30.3 Å². The second-order valence-corrected chi connectivity index (χ2v) is 5.37. The first kappa shape index (κ1) is 17.0. The Labute approximate surface area is 148 Å². The number of nitrogens with zero attached hydrogens (tertiary/aromatic N) is 2. The van der Waals surface area contributed by atoms with Gasteiger partial charge < -0.3 is 15.3 Å². The third-order valence-electron chi connectivity index (χ3n) is 3.60. The van der Waals surface area contributed by atoms with Gasteiger partial charge >= 0.3 is 0 Å². The van der Waals surface area contributed by atoms with Gasteiger partial charge in [0.25, 0.3) is 5.91 Å². The molecule has 0 radical (unpaired) electrons. The van der Waals surface area contributed by atoms with E-state index < -0.39 is 23.2 Å². The molecule has 1 heterocycles. The molecule has 2 aromatic carbocycles. The number of rotatable bonds is 4. The van der Waals surface area contributed by atoms with Crippen LogP contribution >= 0.6 is 0 Å². The summed E-state index contributed by atoms with van der Waals surface area (Å²) in [6, 6.07) is 14.9. The highest BCUT2D eigenvalue weighted by Gasteiger charge is 2.14. The summed E-state index contributed by atoms with van der Waals surface area (Å²) in [5.74, 6) is -2.54. The average molecular weight is 349 g/mol. The maximum absolute atomic E-state index is 12.3. The number of aromatic hydroxyl groups is 3. The van der Waals surface area contributed by atoms with Crippen molar-refractivity contribution in [2.24, 2.45) is 5.10 Å². The molecular weight excluding hydrogens is 334 g/mol. The number of pyridine rings is 1. The normalized spacial score (nSPS) is 11.2. The van der Waals surface area contributed by atoms with Crippen LogP contribution in [0.2, 0.25) is 0 Å². The molecule has 1 aromatic heterocycles. The smallest absolute Gasteiger partial charge is 0.271 e. The summed E-state index contributed by atoms with van der Waals surface area (Å²) in [5, 5.41) is 32.6. The molecule has 3 aromatic rings. The van der Waals surface area contributed by atoms with E-state index in [0.29, 0.717) is 5.71 Å². The van der Waals surface area contributed by atoms with E-state index in [4.69, 9.17) is 0 Å². The van der Waals surface area contributed by atoms with Gasteiger partial charge in [0, 0.05) is 29.1 Å². The predicted molar refractivity (Wildman–Crippen MR) is 95.2 cm³/mol. The molecular formula is C19H15N3O4. The molecule has 7 heteroatoms. The van der Waals surface area contributed by atoms with Crippen molar-refractivity contribution < 1.29 is 20.1 Å². The molecule has 0 unspecified atom stereocenters. The molecule has 0 spiro atoms. The number of benzene rings is 2. The van der Waals surface area contributed by atoms with Gasteiger partial charge in [-0.25, -0.2) is 5.43 Å². The van der Waals surface area contributed by atoms with Gasteiger partial charge in [0.05, 0.1) is 5.71 Å². The van der Waals surface area contributed by atoms with E-state index in [-0.39, 0.29) is 5.56 Å². The average Bonchev–Trinajstić information content (AvgIpc) is 2.67. The molecule has 7 nitrogen and oxygen atoms in total. The van der Waals surface area contributed by atoms with Crippen molar-refractivity contribution in [2.45, 2.75) is 0 Å². The summed E-state index contributed by atoms with van der Waals surface area (Å²) < 4.78 is 0. The van der Waals surface area contributed by atoms with Crippen molar-refractivity contribution >= 4 is 11.6 Å². The molecule has 0 aliphatic heterocycles. The van der Waals surface area contributed by atoms with E-state index in [0.717, 1.165) is 23.3 Å². The maximum atomic E-state index is 12.3. The Bertz CT molecular complexity index is 893. The number of nitrogens with one attached hydrogen (secondary N) is 1. The van der Waals surface area contributed by atoms with Crippen LogP contribution in [0.15, 0.2) is 72.1 Å². The van der Waals surface area contributed by atoms with Crippen LogP contribution < -0.4 is 5.43 Å². The Morgan fingerprint density at radius 1 is 0.846 bits per heavy atom. The first-order valence-electron chi connectivity index (χ1n) is 7.65. The Hall–Kier alpha value is -3.87. The summed E-state index contributed by atoms with van der Waals surface area (Å²) in [7, 11) is 0. The molecule has 130 valence electrons. The van der Waals surface area contributed by atoms with Crippen LogP contribution in [0.5, 0.6) is 17.2 Å². The van der Waals surface area contributed by atoms with Crippen LogP contribution in [-0.4, -0.2) is 31.9 Å². The molecule has 0 atom stereocenters. The van der Waals surface area contributed by atoms with Gasteiger partial charge in [0.2, 0.25) is 0 Å². The molecule has 4 N–H and O–H groups in total. The minimum Gasteiger partial charge on any atom is -0.504 e. The summed E-state index contributed by atoms with van der Waals surface area (Å²) in [6.45, 7) is 0. The first-order chi connectivity index (χ1) is 12.6.